The molecule has 10 heteroatoms. The lowest BCUT2D eigenvalue weighted by Gasteiger charge is -2.25. The Morgan fingerprint density at radius 1 is 1.00 bits per heavy atom. The number of ketones is 1. The monoisotopic (exact) mass is 516 g/mol. The topological polar surface area (TPSA) is 138 Å². The van der Waals surface area contributed by atoms with Crippen molar-refractivity contribution < 1.29 is 29.5 Å². The number of carboxylic acid groups (broad SMARTS) is 1. The van der Waals surface area contributed by atoms with Gasteiger partial charge >= 0.3 is 5.97 Å². The minimum absolute atomic E-state index is 0.00810. The van der Waals surface area contributed by atoms with E-state index in [1.165, 1.54) is 29.2 Å². The lowest BCUT2D eigenvalue weighted by molar-refractivity contribution is -0.384. The number of nitro benzene ring substituents is 1. The Labute approximate surface area is 197 Å². The zero-order chi connectivity index (χ0) is 24.1. The van der Waals surface area contributed by atoms with Gasteiger partial charge in [0.1, 0.15) is 5.76 Å². The number of hydrogen-bond acceptors (Lipinski definition) is 6. The number of nitrogens with zero attached hydrogens (tertiary/aromatic N) is 2. The van der Waals surface area contributed by atoms with Crippen LogP contribution in [0.1, 0.15) is 42.9 Å². The van der Waals surface area contributed by atoms with Gasteiger partial charge in [-0.05, 0) is 42.7 Å². The second kappa shape index (κ2) is 10.4. The zero-order valence-electron chi connectivity index (χ0n) is 17.4. The molecule has 2 aromatic carbocycles. The van der Waals surface area contributed by atoms with Crippen LogP contribution in [0.5, 0.6) is 0 Å². The smallest absolute Gasteiger partial charge is 0.303 e. The van der Waals surface area contributed by atoms with Crippen LogP contribution in [0.2, 0.25) is 0 Å². The molecule has 1 amide bonds. The Morgan fingerprint density at radius 2 is 1.64 bits per heavy atom. The lowest BCUT2D eigenvalue weighted by atomic mass is 9.95. The van der Waals surface area contributed by atoms with Crippen LogP contribution in [-0.4, -0.2) is 44.2 Å². The summed E-state index contributed by atoms with van der Waals surface area (Å²) in [6, 6.07) is 11.1. The van der Waals surface area contributed by atoms with Gasteiger partial charge in [0, 0.05) is 35.1 Å². The minimum atomic E-state index is -0.922. The van der Waals surface area contributed by atoms with Crippen molar-refractivity contribution >= 4 is 45.0 Å². The molecule has 2 N–H and O–H groups in total. The van der Waals surface area contributed by atoms with Gasteiger partial charge in [-0.15, -0.1) is 0 Å². The summed E-state index contributed by atoms with van der Waals surface area (Å²) < 4.78 is 0.771. The number of aliphatic hydroxyl groups excluding tert-OH is 1. The third-order valence-corrected chi connectivity index (χ3v) is 5.90. The van der Waals surface area contributed by atoms with Crippen LogP contribution in [0.15, 0.2) is 58.6 Å². The van der Waals surface area contributed by atoms with Crippen LogP contribution in [0.25, 0.3) is 5.76 Å². The third kappa shape index (κ3) is 5.46. The predicted octanol–water partition coefficient (Wildman–Crippen LogP) is 4.42. The Hall–Kier alpha value is -3.53. The molecule has 1 heterocycles. The van der Waals surface area contributed by atoms with Crippen LogP contribution in [0.4, 0.5) is 5.69 Å². The summed E-state index contributed by atoms with van der Waals surface area (Å²) in [7, 11) is 0. The number of carboxylic acids is 1. The largest absolute Gasteiger partial charge is 0.507 e. The van der Waals surface area contributed by atoms with Crippen LogP contribution < -0.4 is 0 Å². The number of non-ortho nitro benzene ring substituents is 1. The van der Waals surface area contributed by atoms with E-state index in [4.69, 9.17) is 5.11 Å². The molecule has 0 saturated carbocycles. The maximum Gasteiger partial charge on any atom is 0.303 e. The van der Waals surface area contributed by atoms with Crippen LogP contribution >= 0.6 is 15.9 Å². The Kier molecular flexibility index (Phi) is 7.59. The number of aliphatic carboxylic acids is 1. The highest BCUT2D eigenvalue weighted by Crippen LogP contribution is 2.40. The number of benzene rings is 2. The molecule has 2 aromatic rings. The number of halogens is 1. The summed E-state index contributed by atoms with van der Waals surface area (Å²) in [5.41, 5.74) is 0.563. The molecule has 1 aliphatic heterocycles. The van der Waals surface area contributed by atoms with Crippen molar-refractivity contribution in [2.45, 2.75) is 31.7 Å². The maximum atomic E-state index is 12.9. The van der Waals surface area contributed by atoms with Gasteiger partial charge in [0.15, 0.2) is 0 Å². The fraction of sp³-hybridized carbons (Fsp3) is 0.261. The highest BCUT2D eigenvalue weighted by Gasteiger charge is 2.45. The average molecular weight is 517 g/mol. The molecule has 1 saturated heterocycles. The van der Waals surface area contributed by atoms with E-state index in [0.29, 0.717) is 30.4 Å². The summed E-state index contributed by atoms with van der Waals surface area (Å²) in [4.78, 5) is 48.3. The molecular formula is C23H21BrN2O7. The van der Waals surface area contributed by atoms with Crippen molar-refractivity contribution in [2.75, 3.05) is 6.54 Å². The predicted molar refractivity (Wildman–Crippen MR) is 122 cm³/mol. The van der Waals surface area contributed by atoms with E-state index < -0.39 is 28.6 Å². The summed E-state index contributed by atoms with van der Waals surface area (Å²) in [5, 5.41) is 30.8. The van der Waals surface area contributed by atoms with E-state index in [1.807, 2.05) is 0 Å². The van der Waals surface area contributed by atoms with E-state index >= 15 is 0 Å². The van der Waals surface area contributed by atoms with Gasteiger partial charge in [-0.1, -0.05) is 34.5 Å². The first kappa shape index (κ1) is 24.1. The second-order valence-electron chi connectivity index (χ2n) is 7.55. The Morgan fingerprint density at radius 3 is 2.21 bits per heavy atom. The van der Waals surface area contributed by atoms with Crippen LogP contribution in [0, 0.1) is 10.1 Å². The molecule has 0 bridgehead atoms. The number of unbranched alkanes of at least 4 members (excludes halogenated alkanes) is 2. The van der Waals surface area contributed by atoms with Gasteiger partial charge in [-0.2, -0.15) is 0 Å². The van der Waals surface area contributed by atoms with Gasteiger partial charge in [-0.3, -0.25) is 24.5 Å². The molecule has 0 aliphatic carbocycles. The summed E-state index contributed by atoms with van der Waals surface area (Å²) in [5.74, 6) is -2.87. The number of aliphatic hydroxyl groups is 1. The number of Topliss-reactive ketones (excluding diaryl/α,β-unsaturated/α-hetero) is 1. The number of carbonyl (C=O) groups is 3. The number of amides is 1. The quantitative estimate of drug-likeness (QED) is 0.125. The highest BCUT2D eigenvalue weighted by molar-refractivity contribution is 9.10. The zero-order valence-corrected chi connectivity index (χ0v) is 19.0. The lowest BCUT2D eigenvalue weighted by Crippen LogP contribution is -2.30. The van der Waals surface area contributed by atoms with E-state index in [2.05, 4.69) is 15.9 Å². The first-order valence-electron chi connectivity index (χ1n) is 10.2. The van der Waals surface area contributed by atoms with E-state index in [1.54, 1.807) is 24.3 Å². The van der Waals surface area contributed by atoms with Crippen molar-refractivity contribution in [3.8, 4) is 0 Å². The number of likely N-dealkylation sites (tertiary alicyclic amines) is 1. The number of hydrogen-bond donors (Lipinski definition) is 2. The molecule has 9 nitrogen and oxygen atoms in total. The van der Waals surface area contributed by atoms with Crippen molar-refractivity contribution in [1.82, 2.24) is 4.90 Å². The number of nitro groups is 1. The number of rotatable bonds is 9. The van der Waals surface area contributed by atoms with E-state index in [0.717, 1.165) is 4.47 Å². The third-order valence-electron chi connectivity index (χ3n) is 5.37. The van der Waals surface area contributed by atoms with Crippen molar-refractivity contribution in [3.63, 3.8) is 0 Å². The molecule has 0 unspecified atom stereocenters. The van der Waals surface area contributed by atoms with E-state index in [-0.39, 0.29) is 30.0 Å². The average Bonchev–Trinajstić information content (AvgIpc) is 3.03. The molecule has 0 radical (unpaired) electrons. The van der Waals surface area contributed by atoms with Gasteiger partial charge in [0.05, 0.1) is 16.5 Å². The fourth-order valence-corrected chi connectivity index (χ4v) is 4.00. The Balaban J connectivity index is 1.99. The van der Waals surface area contributed by atoms with Crippen molar-refractivity contribution in [2.24, 2.45) is 0 Å². The molecule has 33 heavy (non-hydrogen) atoms. The molecule has 1 aliphatic rings. The molecule has 172 valence electrons. The SMILES string of the molecule is O=C(O)CCCCCN1C(=O)C(=O)/C(=C(/O)c2ccc(Br)cc2)[C@@H]1c1ccc([N+](=O)[O-])cc1. The molecule has 0 spiro atoms. The minimum Gasteiger partial charge on any atom is -0.507 e. The fourth-order valence-electron chi connectivity index (χ4n) is 3.73. The molecule has 3 rings (SSSR count). The van der Waals surface area contributed by atoms with Gasteiger partial charge < -0.3 is 15.1 Å². The number of carbonyl (C=O) groups excluding carboxylic acids is 2. The first-order chi connectivity index (χ1) is 15.7. The van der Waals surface area contributed by atoms with Gasteiger partial charge in [-0.25, -0.2) is 0 Å². The van der Waals surface area contributed by atoms with Gasteiger partial charge in [0.25, 0.3) is 17.4 Å². The molecule has 1 fully saturated rings. The van der Waals surface area contributed by atoms with Crippen molar-refractivity contribution in [1.29, 1.82) is 0 Å². The Bertz CT molecular complexity index is 1110. The standard InChI is InChI=1S/C23H21BrN2O7/c24-16-9-5-15(6-10-16)21(29)19-20(14-7-11-17(12-8-14)26(32)33)25(23(31)22(19)30)13-3-1-2-4-18(27)28/h5-12,20,29H,1-4,13H2,(H,27,28)/b21-19+/t20-/m0/s1. The van der Waals surface area contributed by atoms with Crippen molar-refractivity contribution in [3.05, 3.63) is 79.8 Å². The molecular weight excluding hydrogens is 496 g/mol. The summed E-state index contributed by atoms with van der Waals surface area (Å²) in [6.45, 7) is 0.170. The summed E-state index contributed by atoms with van der Waals surface area (Å²) >= 11 is 3.31. The van der Waals surface area contributed by atoms with Crippen LogP contribution in [0.3, 0.4) is 0 Å². The van der Waals surface area contributed by atoms with Gasteiger partial charge in [0.2, 0.25) is 0 Å². The highest BCUT2D eigenvalue weighted by atomic mass is 79.9. The van der Waals surface area contributed by atoms with E-state index in [9.17, 15) is 29.6 Å². The molecule has 1 atom stereocenters. The normalized spacial score (nSPS) is 17.4. The first-order valence-corrected chi connectivity index (χ1v) is 11.0. The maximum absolute atomic E-state index is 12.9. The van der Waals surface area contributed by atoms with Crippen LogP contribution in [-0.2, 0) is 14.4 Å². The second-order valence-corrected chi connectivity index (χ2v) is 8.47. The molecule has 0 aromatic heterocycles. The summed E-state index contributed by atoms with van der Waals surface area (Å²) in [6.07, 6.45) is 1.44.